The van der Waals surface area contributed by atoms with Crippen LogP contribution in [-0.2, 0) is 4.74 Å². The van der Waals surface area contributed by atoms with Crippen LogP contribution >= 0.6 is 0 Å². The monoisotopic (exact) mass is 323 g/mol. The number of nitrogens with zero attached hydrogens (tertiary/aromatic N) is 4. The van der Waals surface area contributed by atoms with E-state index in [1.165, 1.54) is 0 Å². The first-order chi connectivity index (χ1) is 11.8. The number of benzene rings is 1. The summed E-state index contributed by atoms with van der Waals surface area (Å²) in [7, 11) is 0. The van der Waals surface area contributed by atoms with Gasteiger partial charge in [-0.05, 0) is 18.2 Å². The van der Waals surface area contributed by atoms with Gasteiger partial charge in [0, 0.05) is 25.4 Å². The zero-order chi connectivity index (χ0) is 16.4. The van der Waals surface area contributed by atoms with Gasteiger partial charge in [-0.3, -0.25) is 0 Å². The Hall–Kier alpha value is -2.69. The summed E-state index contributed by atoms with van der Waals surface area (Å²) in [4.78, 5) is 11.1. The molecule has 2 atom stereocenters. The quantitative estimate of drug-likeness (QED) is 0.912. The van der Waals surface area contributed by atoms with Crippen LogP contribution in [0.3, 0.4) is 0 Å². The lowest BCUT2D eigenvalue weighted by Gasteiger charge is -2.37. The van der Waals surface area contributed by atoms with E-state index in [0.29, 0.717) is 35.8 Å². The van der Waals surface area contributed by atoms with Gasteiger partial charge in [-0.1, -0.05) is 6.07 Å². The van der Waals surface area contributed by atoms with E-state index >= 15 is 0 Å². The van der Waals surface area contributed by atoms with Crippen LogP contribution in [0.25, 0.3) is 0 Å². The molecule has 1 aromatic carbocycles. The molecule has 0 unspecified atom stereocenters. The molecule has 24 heavy (non-hydrogen) atoms. The standard InChI is InChI=1S/C17H17N5O2/c18-9-12-2-1-3-13(8-12)24-16-4-5-20-17(21-16)22-7-6-19-14-10-23-11-15(14)22/h1-5,8,14-15,19H,6-7,10-11H2/t14-,15+/m1/s1. The Morgan fingerprint density at radius 2 is 2.29 bits per heavy atom. The molecule has 4 rings (SSSR count). The summed E-state index contributed by atoms with van der Waals surface area (Å²) in [5.74, 6) is 1.69. The number of anilines is 1. The molecule has 2 aromatic rings. The van der Waals surface area contributed by atoms with Gasteiger partial charge in [-0.2, -0.15) is 10.2 Å². The minimum Gasteiger partial charge on any atom is -0.439 e. The SMILES string of the molecule is N#Cc1cccc(Oc2ccnc(N3CCN[C@@H]4COC[C@@H]43)n2)c1. The molecule has 2 saturated heterocycles. The lowest BCUT2D eigenvalue weighted by molar-refractivity contribution is 0.189. The second kappa shape index (κ2) is 6.43. The molecular formula is C17H17N5O2. The van der Waals surface area contributed by atoms with Crippen molar-refractivity contribution in [2.75, 3.05) is 31.2 Å². The second-order valence-electron chi connectivity index (χ2n) is 5.80. The van der Waals surface area contributed by atoms with Gasteiger partial charge in [0.05, 0.1) is 36.9 Å². The minimum atomic E-state index is 0.246. The van der Waals surface area contributed by atoms with Gasteiger partial charge in [0.15, 0.2) is 0 Å². The van der Waals surface area contributed by atoms with Crippen LogP contribution in [0.2, 0.25) is 0 Å². The van der Waals surface area contributed by atoms with E-state index in [4.69, 9.17) is 14.7 Å². The zero-order valence-electron chi connectivity index (χ0n) is 13.1. The van der Waals surface area contributed by atoms with E-state index in [1.807, 2.05) is 0 Å². The third-order valence-electron chi connectivity index (χ3n) is 4.27. The molecule has 7 nitrogen and oxygen atoms in total. The summed E-state index contributed by atoms with van der Waals surface area (Å²) in [6.07, 6.45) is 1.69. The Kier molecular flexibility index (Phi) is 3.99. The maximum atomic E-state index is 8.97. The van der Waals surface area contributed by atoms with Crippen LogP contribution in [0.1, 0.15) is 5.56 Å². The first-order valence-electron chi connectivity index (χ1n) is 7.92. The third kappa shape index (κ3) is 2.89. The van der Waals surface area contributed by atoms with Crippen LogP contribution < -0.4 is 15.0 Å². The molecule has 122 valence electrons. The summed E-state index contributed by atoms with van der Waals surface area (Å²) in [6.45, 7) is 3.11. The normalized spacial score (nSPS) is 22.7. The Bertz CT molecular complexity index is 776. The molecule has 0 bridgehead atoms. The third-order valence-corrected chi connectivity index (χ3v) is 4.27. The zero-order valence-corrected chi connectivity index (χ0v) is 13.1. The van der Waals surface area contributed by atoms with Crippen LogP contribution in [0, 0.1) is 11.3 Å². The van der Waals surface area contributed by atoms with Gasteiger partial charge in [0.2, 0.25) is 11.8 Å². The summed E-state index contributed by atoms with van der Waals surface area (Å²) >= 11 is 0. The van der Waals surface area contributed by atoms with Crippen molar-refractivity contribution in [3.8, 4) is 17.7 Å². The molecule has 3 heterocycles. The lowest BCUT2D eigenvalue weighted by atomic mass is 10.1. The Morgan fingerprint density at radius 1 is 1.33 bits per heavy atom. The van der Waals surface area contributed by atoms with Crippen molar-refractivity contribution in [1.29, 1.82) is 5.26 Å². The fourth-order valence-electron chi connectivity index (χ4n) is 3.11. The molecule has 0 aliphatic carbocycles. The minimum absolute atomic E-state index is 0.246. The Balaban J connectivity index is 1.56. The molecule has 2 aliphatic rings. The average Bonchev–Trinajstić information content (AvgIpc) is 3.11. The Labute approximate surface area is 139 Å². The number of rotatable bonds is 3. The average molecular weight is 323 g/mol. The second-order valence-corrected chi connectivity index (χ2v) is 5.80. The van der Waals surface area contributed by atoms with Crippen molar-refractivity contribution >= 4 is 5.95 Å². The van der Waals surface area contributed by atoms with Gasteiger partial charge in [-0.25, -0.2) is 4.98 Å². The van der Waals surface area contributed by atoms with Crippen LogP contribution in [0.5, 0.6) is 11.6 Å². The van der Waals surface area contributed by atoms with E-state index in [9.17, 15) is 0 Å². The summed E-state index contributed by atoms with van der Waals surface area (Å²) in [5, 5.41) is 12.4. The molecule has 0 radical (unpaired) electrons. The van der Waals surface area contributed by atoms with Gasteiger partial charge in [0.1, 0.15) is 5.75 Å². The van der Waals surface area contributed by atoms with Crippen LogP contribution in [-0.4, -0.2) is 48.4 Å². The van der Waals surface area contributed by atoms with Crippen molar-refractivity contribution in [3.63, 3.8) is 0 Å². The van der Waals surface area contributed by atoms with Crippen LogP contribution in [0.15, 0.2) is 36.5 Å². The highest BCUT2D eigenvalue weighted by Gasteiger charge is 2.37. The topological polar surface area (TPSA) is 83.3 Å². The molecule has 0 amide bonds. The number of piperazine rings is 1. The molecule has 7 heteroatoms. The number of nitriles is 1. The van der Waals surface area contributed by atoms with E-state index in [0.717, 1.165) is 19.7 Å². The van der Waals surface area contributed by atoms with Crippen LogP contribution in [0.4, 0.5) is 5.95 Å². The van der Waals surface area contributed by atoms with Gasteiger partial charge < -0.3 is 19.7 Å². The molecule has 1 N–H and O–H groups in total. The maximum absolute atomic E-state index is 8.97. The van der Waals surface area contributed by atoms with Crippen molar-refractivity contribution in [3.05, 3.63) is 42.1 Å². The number of aromatic nitrogens is 2. The van der Waals surface area contributed by atoms with E-state index in [2.05, 4.69) is 26.3 Å². The predicted octanol–water partition coefficient (Wildman–Crippen LogP) is 1.32. The van der Waals surface area contributed by atoms with E-state index in [-0.39, 0.29) is 6.04 Å². The number of fused-ring (bicyclic) bond motifs is 1. The summed E-state index contributed by atoms with van der Waals surface area (Å²) in [6, 6.07) is 11.4. The van der Waals surface area contributed by atoms with Gasteiger partial charge >= 0.3 is 0 Å². The number of hydrogen-bond acceptors (Lipinski definition) is 7. The molecule has 0 spiro atoms. The summed E-state index contributed by atoms with van der Waals surface area (Å²) < 4.78 is 11.4. The lowest BCUT2D eigenvalue weighted by Crippen LogP contribution is -2.58. The smallest absolute Gasteiger partial charge is 0.229 e. The van der Waals surface area contributed by atoms with Gasteiger partial charge in [-0.15, -0.1) is 0 Å². The van der Waals surface area contributed by atoms with E-state index in [1.54, 1.807) is 36.5 Å². The first kappa shape index (κ1) is 14.9. The number of hydrogen-bond donors (Lipinski definition) is 1. The van der Waals surface area contributed by atoms with Crippen molar-refractivity contribution in [2.24, 2.45) is 0 Å². The number of ether oxygens (including phenoxy) is 2. The predicted molar refractivity (Wildman–Crippen MR) is 87.0 cm³/mol. The molecule has 0 saturated carbocycles. The largest absolute Gasteiger partial charge is 0.439 e. The molecule has 1 aromatic heterocycles. The molecule has 2 fully saturated rings. The Morgan fingerprint density at radius 3 is 3.21 bits per heavy atom. The highest BCUT2D eigenvalue weighted by Crippen LogP contribution is 2.25. The van der Waals surface area contributed by atoms with E-state index < -0.39 is 0 Å². The highest BCUT2D eigenvalue weighted by atomic mass is 16.5. The van der Waals surface area contributed by atoms with Gasteiger partial charge in [0.25, 0.3) is 0 Å². The molecule has 2 aliphatic heterocycles. The van der Waals surface area contributed by atoms with Crippen molar-refractivity contribution in [1.82, 2.24) is 15.3 Å². The first-order valence-corrected chi connectivity index (χ1v) is 7.92. The molecular weight excluding hydrogens is 306 g/mol. The summed E-state index contributed by atoms with van der Waals surface area (Å²) in [5.41, 5.74) is 0.551. The van der Waals surface area contributed by atoms with Crippen molar-refractivity contribution < 1.29 is 9.47 Å². The maximum Gasteiger partial charge on any atom is 0.229 e. The number of nitrogens with one attached hydrogen (secondary N) is 1. The van der Waals surface area contributed by atoms with Crippen molar-refractivity contribution in [2.45, 2.75) is 12.1 Å². The fourth-order valence-corrected chi connectivity index (χ4v) is 3.11. The highest BCUT2D eigenvalue weighted by molar-refractivity contribution is 5.40. The fraction of sp³-hybridized carbons (Fsp3) is 0.353.